The van der Waals surface area contributed by atoms with Gasteiger partial charge in [-0.2, -0.15) is 10.2 Å². The zero-order valence-electron chi connectivity index (χ0n) is 13.4. The summed E-state index contributed by atoms with van der Waals surface area (Å²) in [6.07, 6.45) is 0. The molecule has 23 heavy (non-hydrogen) atoms. The van der Waals surface area contributed by atoms with Crippen molar-refractivity contribution in [3.8, 4) is 6.07 Å². The van der Waals surface area contributed by atoms with Crippen LogP contribution in [0.5, 0.6) is 0 Å². The lowest BCUT2D eigenvalue weighted by Crippen LogP contribution is -2.39. The Morgan fingerprint density at radius 2 is 2.30 bits per heavy atom. The van der Waals surface area contributed by atoms with Crippen molar-refractivity contribution in [2.45, 2.75) is 32.4 Å². The number of benzene rings is 1. The van der Waals surface area contributed by atoms with Gasteiger partial charge in [-0.05, 0) is 17.7 Å². The van der Waals surface area contributed by atoms with Crippen LogP contribution in [0.25, 0.3) is 0 Å². The van der Waals surface area contributed by atoms with Crippen molar-refractivity contribution in [1.82, 2.24) is 15.0 Å². The smallest absolute Gasteiger partial charge is 0.229 e. The molecule has 0 amide bonds. The zero-order chi connectivity index (χ0) is 16.2. The van der Waals surface area contributed by atoms with E-state index in [1.165, 1.54) is 0 Å². The molecule has 1 fully saturated rings. The quantitative estimate of drug-likeness (QED) is 0.864. The lowest BCUT2D eigenvalue weighted by atomic mass is 10.1. The van der Waals surface area contributed by atoms with Crippen LogP contribution in [0.3, 0.4) is 0 Å². The van der Waals surface area contributed by atoms with Gasteiger partial charge in [0.05, 0.1) is 30.9 Å². The van der Waals surface area contributed by atoms with Gasteiger partial charge in [-0.3, -0.25) is 4.90 Å². The third-order valence-electron chi connectivity index (χ3n) is 3.93. The first kappa shape index (κ1) is 15.7. The SMILES string of the molecule is CC(C)c1nc(C2COCCN2Cc2cccc(C#N)c2)no1. The molecule has 1 aliphatic rings. The summed E-state index contributed by atoms with van der Waals surface area (Å²) >= 11 is 0. The Morgan fingerprint density at radius 3 is 3.04 bits per heavy atom. The maximum atomic E-state index is 9.04. The van der Waals surface area contributed by atoms with Crippen LogP contribution in [0.2, 0.25) is 0 Å². The normalized spacial score (nSPS) is 19.0. The maximum absolute atomic E-state index is 9.04. The van der Waals surface area contributed by atoms with Gasteiger partial charge in [-0.1, -0.05) is 31.1 Å². The van der Waals surface area contributed by atoms with Gasteiger partial charge < -0.3 is 9.26 Å². The van der Waals surface area contributed by atoms with Gasteiger partial charge in [0.15, 0.2) is 5.82 Å². The van der Waals surface area contributed by atoms with Crippen LogP contribution in [0.4, 0.5) is 0 Å². The summed E-state index contributed by atoms with van der Waals surface area (Å²) in [5.74, 6) is 1.53. The van der Waals surface area contributed by atoms with E-state index in [0.717, 1.165) is 18.7 Å². The van der Waals surface area contributed by atoms with E-state index in [4.69, 9.17) is 14.5 Å². The monoisotopic (exact) mass is 312 g/mol. The highest BCUT2D eigenvalue weighted by Crippen LogP contribution is 2.25. The number of hydrogen-bond donors (Lipinski definition) is 0. The van der Waals surface area contributed by atoms with E-state index in [-0.39, 0.29) is 12.0 Å². The summed E-state index contributed by atoms with van der Waals surface area (Å²) in [4.78, 5) is 6.78. The van der Waals surface area contributed by atoms with Crippen molar-refractivity contribution in [2.24, 2.45) is 0 Å². The molecule has 1 atom stereocenters. The van der Waals surface area contributed by atoms with Gasteiger partial charge in [0.1, 0.15) is 0 Å². The van der Waals surface area contributed by atoms with Gasteiger partial charge in [0.2, 0.25) is 5.89 Å². The molecule has 0 spiro atoms. The number of nitriles is 1. The molecule has 120 valence electrons. The summed E-state index contributed by atoms with van der Waals surface area (Å²) in [6, 6.07) is 9.83. The Labute approximate surface area is 135 Å². The lowest BCUT2D eigenvalue weighted by Gasteiger charge is -2.33. The maximum Gasteiger partial charge on any atom is 0.229 e. The van der Waals surface area contributed by atoms with Crippen molar-refractivity contribution < 1.29 is 9.26 Å². The van der Waals surface area contributed by atoms with Gasteiger partial charge >= 0.3 is 0 Å². The van der Waals surface area contributed by atoms with E-state index in [1.54, 1.807) is 0 Å². The summed E-state index contributed by atoms with van der Waals surface area (Å²) < 4.78 is 10.9. The highest BCUT2D eigenvalue weighted by atomic mass is 16.5. The molecule has 6 heteroatoms. The lowest BCUT2D eigenvalue weighted by molar-refractivity contribution is -0.0166. The molecule has 0 radical (unpaired) electrons. The first-order chi connectivity index (χ1) is 11.2. The van der Waals surface area contributed by atoms with Crippen LogP contribution in [-0.2, 0) is 11.3 Å². The summed E-state index contributed by atoms with van der Waals surface area (Å²) in [5, 5.41) is 13.2. The van der Waals surface area contributed by atoms with Gasteiger partial charge in [-0.25, -0.2) is 0 Å². The fraction of sp³-hybridized carbons (Fsp3) is 0.471. The zero-order valence-corrected chi connectivity index (χ0v) is 13.4. The molecular formula is C17H20N4O2. The number of rotatable bonds is 4. The Kier molecular flexibility index (Phi) is 4.70. The van der Waals surface area contributed by atoms with Crippen molar-refractivity contribution in [1.29, 1.82) is 5.26 Å². The van der Waals surface area contributed by atoms with Gasteiger partial charge in [-0.15, -0.1) is 0 Å². The summed E-state index contributed by atoms with van der Waals surface area (Å²) in [5.41, 5.74) is 1.78. The fourth-order valence-corrected chi connectivity index (χ4v) is 2.66. The largest absolute Gasteiger partial charge is 0.378 e. The number of aromatic nitrogens is 2. The van der Waals surface area contributed by atoms with Crippen LogP contribution < -0.4 is 0 Å². The number of hydrogen-bond acceptors (Lipinski definition) is 6. The van der Waals surface area contributed by atoms with Crippen molar-refractivity contribution in [3.05, 3.63) is 47.1 Å². The highest BCUT2D eigenvalue weighted by Gasteiger charge is 2.29. The predicted octanol–water partition coefficient (Wildman–Crippen LogP) is 2.64. The minimum atomic E-state index is -0.0225. The Balaban J connectivity index is 1.79. The molecular weight excluding hydrogens is 292 g/mol. The first-order valence-corrected chi connectivity index (χ1v) is 7.81. The average Bonchev–Trinajstić information content (AvgIpc) is 3.06. The predicted molar refractivity (Wildman–Crippen MR) is 83.5 cm³/mol. The van der Waals surface area contributed by atoms with E-state index in [0.29, 0.717) is 30.5 Å². The highest BCUT2D eigenvalue weighted by molar-refractivity contribution is 5.32. The number of morpholine rings is 1. The van der Waals surface area contributed by atoms with Gasteiger partial charge in [0, 0.05) is 19.0 Å². The molecule has 1 aromatic heterocycles. The molecule has 1 aliphatic heterocycles. The Bertz CT molecular complexity index is 705. The molecule has 6 nitrogen and oxygen atoms in total. The minimum absolute atomic E-state index is 0.0225. The van der Waals surface area contributed by atoms with E-state index in [2.05, 4.69) is 21.1 Å². The fourth-order valence-electron chi connectivity index (χ4n) is 2.66. The molecule has 1 saturated heterocycles. The molecule has 2 aromatic rings. The number of nitrogens with zero attached hydrogens (tertiary/aromatic N) is 4. The summed E-state index contributed by atoms with van der Waals surface area (Å²) in [6.45, 7) is 6.82. The van der Waals surface area contributed by atoms with Crippen LogP contribution in [0.1, 0.15) is 48.6 Å². The minimum Gasteiger partial charge on any atom is -0.378 e. The number of ether oxygens (including phenoxy) is 1. The standard InChI is InChI=1S/C17H20N4O2/c1-12(2)17-19-16(20-23-17)15-11-22-7-6-21(15)10-14-5-3-4-13(8-14)9-18/h3-5,8,12,15H,6-7,10-11H2,1-2H3. The molecule has 0 N–H and O–H groups in total. The van der Waals surface area contributed by atoms with E-state index < -0.39 is 0 Å². The van der Waals surface area contributed by atoms with Crippen molar-refractivity contribution in [3.63, 3.8) is 0 Å². The van der Waals surface area contributed by atoms with E-state index in [9.17, 15) is 0 Å². The second-order valence-electron chi connectivity index (χ2n) is 6.02. The second-order valence-corrected chi connectivity index (χ2v) is 6.02. The molecule has 3 rings (SSSR count). The molecule has 1 aromatic carbocycles. The Hall–Kier alpha value is -2.23. The van der Waals surface area contributed by atoms with Crippen LogP contribution in [0.15, 0.2) is 28.8 Å². The van der Waals surface area contributed by atoms with Gasteiger partial charge in [0.25, 0.3) is 0 Å². The van der Waals surface area contributed by atoms with E-state index >= 15 is 0 Å². The average molecular weight is 312 g/mol. The van der Waals surface area contributed by atoms with Crippen molar-refractivity contribution >= 4 is 0 Å². The van der Waals surface area contributed by atoms with Crippen molar-refractivity contribution in [2.75, 3.05) is 19.8 Å². The molecule has 0 aliphatic carbocycles. The van der Waals surface area contributed by atoms with Crippen LogP contribution in [0, 0.1) is 11.3 Å². The molecule has 0 bridgehead atoms. The molecule has 0 saturated carbocycles. The first-order valence-electron chi connectivity index (χ1n) is 7.81. The van der Waals surface area contributed by atoms with Crippen LogP contribution >= 0.6 is 0 Å². The third-order valence-corrected chi connectivity index (χ3v) is 3.93. The van der Waals surface area contributed by atoms with E-state index in [1.807, 2.05) is 38.1 Å². The molecule has 2 heterocycles. The summed E-state index contributed by atoms with van der Waals surface area (Å²) in [7, 11) is 0. The van der Waals surface area contributed by atoms with Crippen LogP contribution in [-0.4, -0.2) is 34.8 Å². The second kappa shape index (κ2) is 6.90. The Morgan fingerprint density at radius 1 is 1.43 bits per heavy atom. The third kappa shape index (κ3) is 3.58. The molecule has 1 unspecified atom stereocenters. The topological polar surface area (TPSA) is 75.2 Å².